The fourth-order valence-corrected chi connectivity index (χ4v) is 1.94. The molecule has 1 rings (SSSR count). The SMILES string of the molecule is Cc1c(N)cc(Br)cc1C(=O)N(C)CC(F)(F)F. The van der Waals surface area contributed by atoms with Crippen molar-refractivity contribution in [2.24, 2.45) is 0 Å². The Labute approximate surface area is 111 Å². The summed E-state index contributed by atoms with van der Waals surface area (Å²) < 4.78 is 37.2. The summed E-state index contributed by atoms with van der Waals surface area (Å²) in [5.41, 5.74) is 6.65. The van der Waals surface area contributed by atoms with Gasteiger partial charge in [0.15, 0.2) is 0 Å². The van der Waals surface area contributed by atoms with Gasteiger partial charge in [0.05, 0.1) is 0 Å². The first-order valence-corrected chi connectivity index (χ1v) is 5.79. The van der Waals surface area contributed by atoms with Gasteiger partial charge in [-0.25, -0.2) is 0 Å². The van der Waals surface area contributed by atoms with Crippen LogP contribution in [-0.4, -0.2) is 30.6 Å². The van der Waals surface area contributed by atoms with E-state index in [1.165, 1.54) is 6.07 Å². The average molecular weight is 325 g/mol. The molecule has 1 aromatic rings. The Bertz CT molecular complexity index is 474. The van der Waals surface area contributed by atoms with Crippen LogP contribution in [-0.2, 0) is 0 Å². The number of alkyl halides is 3. The Morgan fingerprint density at radius 1 is 1.44 bits per heavy atom. The Kier molecular flexibility index (Phi) is 4.26. The van der Waals surface area contributed by atoms with Crippen LogP contribution in [0.1, 0.15) is 15.9 Å². The van der Waals surface area contributed by atoms with E-state index in [9.17, 15) is 18.0 Å². The summed E-state index contributed by atoms with van der Waals surface area (Å²) in [5.74, 6) is -0.710. The maximum Gasteiger partial charge on any atom is 0.406 e. The number of nitrogens with zero attached hydrogens (tertiary/aromatic N) is 1. The van der Waals surface area contributed by atoms with Gasteiger partial charge in [0, 0.05) is 22.8 Å². The van der Waals surface area contributed by atoms with Gasteiger partial charge >= 0.3 is 6.18 Å². The van der Waals surface area contributed by atoms with Crippen molar-refractivity contribution < 1.29 is 18.0 Å². The number of carbonyl (C=O) groups excluding carboxylic acids is 1. The highest BCUT2D eigenvalue weighted by Gasteiger charge is 2.32. The molecule has 2 N–H and O–H groups in total. The number of anilines is 1. The molecule has 0 aliphatic rings. The summed E-state index contributed by atoms with van der Waals surface area (Å²) in [6.07, 6.45) is -4.42. The normalized spacial score (nSPS) is 11.4. The zero-order valence-electron chi connectivity index (χ0n) is 9.81. The molecule has 0 saturated heterocycles. The van der Waals surface area contributed by atoms with Crippen molar-refractivity contribution in [3.05, 3.63) is 27.7 Å². The second kappa shape index (κ2) is 5.17. The van der Waals surface area contributed by atoms with Crippen LogP contribution >= 0.6 is 15.9 Å². The lowest BCUT2D eigenvalue weighted by Gasteiger charge is -2.20. The van der Waals surface area contributed by atoms with Gasteiger partial charge in [-0.1, -0.05) is 15.9 Å². The largest absolute Gasteiger partial charge is 0.406 e. The molecule has 0 heterocycles. The monoisotopic (exact) mass is 324 g/mol. The van der Waals surface area contributed by atoms with Gasteiger partial charge in [0.1, 0.15) is 6.54 Å². The molecule has 0 bridgehead atoms. The number of halogens is 4. The third-order valence-corrected chi connectivity index (χ3v) is 2.86. The molecule has 0 radical (unpaired) electrons. The van der Waals surface area contributed by atoms with Gasteiger partial charge in [-0.15, -0.1) is 0 Å². The number of hydrogen-bond acceptors (Lipinski definition) is 2. The molecule has 0 spiro atoms. The minimum absolute atomic E-state index is 0.161. The molecule has 0 unspecified atom stereocenters. The molecule has 7 heteroatoms. The van der Waals surface area contributed by atoms with Gasteiger partial charge in [-0.3, -0.25) is 4.79 Å². The molecule has 0 aliphatic carbocycles. The average Bonchev–Trinajstić information content (AvgIpc) is 2.19. The van der Waals surface area contributed by atoms with Crippen LogP contribution in [0, 0.1) is 6.92 Å². The number of nitrogens with two attached hydrogens (primary N) is 1. The Balaban J connectivity index is 3.04. The van der Waals surface area contributed by atoms with Crippen molar-refractivity contribution in [2.45, 2.75) is 13.1 Å². The van der Waals surface area contributed by atoms with E-state index in [-0.39, 0.29) is 5.56 Å². The molecule has 1 aromatic carbocycles. The lowest BCUT2D eigenvalue weighted by atomic mass is 10.1. The fourth-order valence-electron chi connectivity index (χ4n) is 1.47. The van der Waals surface area contributed by atoms with Gasteiger partial charge in [-0.2, -0.15) is 13.2 Å². The second-order valence-corrected chi connectivity index (χ2v) is 4.86. The van der Waals surface area contributed by atoms with Crippen molar-refractivity contribution in [3.8, 4) is 0 Å². The molecule has 18 heavy (non-hydrogen) atoms. The number of carbonyl (C=O) groups is 1. The van der Waals surface area contributed by atoms with Crippen LogP contribution in [0.5, 0.6) is 0 Å². The zero-order valence-corrected chi connectivity index (χ0v) is 11.4. The highest BCUT2D eigenvalue weighted by molar-refractivity contribution is 9.10. The predicted molar refractivity (Wildman–Crippen MR) is 66.3 cm³/mol. The summed E-state index contributed by atoms with van der Waals surface area (Å²) in [4.78, 5) is 12.5. The zero-order chi connectivity index (χ0) is 14.1. The second-order valence-electron chi connectivity index (χ2n) is 3.94. The number of rotatable bonds is 2. The van der Waals surface area contributed by atoms with Crippen molar-refractivity contribution in [3.63, 3.8) is 0 Å². The molecule has 0 saturated carbocycles. The molecule has 0 fully saturated rings. The summed E-state index contributed by atoms with van der Waals surface area (Å²) in [6, 6.07) is 3.05. The highest BCUT2D eigenvalue weighted by Crippen LogP contribution is 2.24. The van der Waals surface area contributed by atoms with E-state index in [1.807, 2.05) is 0 Å². The van der Waals surface area contributed by atoms with E-state index in [2.05, 4.69) is 15.9 Å². The van der Waals surface area contributed by atoms with Crippen LogP contribution in [0.25, 0.3) is 0 Å². The third-order valence-electron chi connectivity index (χ3n) is 2.41. The van der Waals surface area contributed by atoms with Crippen LogP contribution < -0.4 is 5.73 Å². The maximum absolute atomic E-state index is 12.2. The smallest absolute Gasteiger partial charge is 0.398 e. The summed E-state index contributed by atoms with van der Waals surface area (Å²) in [5, 5.41) is 0. The molecule has 3 nitrogen and oxygen atoms in total. The molecule has 0 aliphatic heterocycles. The summed E-state index contributed by atoms with van der Waals surface area (Å²) >= 11 is 3.15. The van der Waals surface area contributed by atoms with E-state index in [0.717, 1.165) is 7.05 Å². The summed E-state index contributed by atoms with van der Waals surface area (Å²) in [6.45, 7) is 0.300. The first-order valence-electron chi connectivity index (χ1n) is 4.99. The number of nitrogen functional groups attached to an aromatic ring is 1. The van der Waals surface area contributed by atoms with Crippen molar-refractivity contribution in [2.75, 3.05) is 19.3 Å². The van der Waals surface area contributed by atoms with Crippen molar-refractivity contribution in [1.82, 2.24) is 4.90 Å². The minimum atomic E-state index is -4.42. The highest BCUT2D eigenvalue weighted by atomic mass is 79.9. The molecule has 100 valence electrons. The van der Waals surface area contributed by atoms with Crippen LogP contribution in [0.3, 0.4) is 0 Å². The van der Waals surface area contributed by atoms with Gasteiger partial charge in [0.2, 0.25) is 0 Å². The fraction of sp³-hybridized carbons (Fsp3) is 0.364. The van der Waals surface area contributed by atoms with E-state index in [4.69, 9.17) is 5.73 Å². The predicted octanol–water partition coefficient (Wildman–Crippen LogP) is 2.97. The first kappa shape index (κ1) is 14.8. The lowest BCUT2D eigenvalue weighted by Crippen LogP contribution is -2.36. The molecule has 0 atom stereocenters. The van der Waals surface area contributed by atoms with E-state index >= 15 is 0 Å². The first-order chi connectivity index (χ1) is 8.11. The Morgan fingerprint density at radius 3 is 2.50 bits per heavy atom. The quantitative estimate of drug-likeness (QED) is 0.850. The maximum atomic E-state index is 12.2. The lowest BCUT2D eigenvalue weighted by molar-refractivity contribution is -0.138. The van der Waals surface area contributed by atoms with E-state index in [1.54, 1.807) is 13.0 Å². The number of amides is 1. The van der Waals surface area contributed by atoms with Crippen LogP contribution in [0.2, 0.25) is 0 Å². The van der Waals surface area contributed by atoms with E-state index < -0.39 is 18.6 Å². The number of benzene rings is 1. The molecular weight excluding hydrogens is 313 g/mol. The summed E-state index contributed by atoms with van der Waals surface area (Å²) in [7, 11) is 1.10. The number of hydrogen-bond donors (Lipinski definition) is 1. The van der Waals surface area contributed by atoms with Gasteiger partial charge in [-0.05, 0) is 24.6 Å². The Hall–Kier alpha value is -1.24. The van der Waals surface area contributed by atoms with Gasteiger partial charge in [0.25, 0.3) is 5.91 Å². The van der Waals surface area contributed by atoms with E-state index in [0.29, 0.717) is 20.6 Å². The third kappa shape index (κ3) is 3.63. The Morgan fingerprint density at radius 2 is 2.00 bits per heavy atom. The van der Waals surface area contributed by atoms with Crippen molar-refractivity contribution in [1.29, 1.82) is 0 Å². The van der Waals surface area contributed by atoms with Crippen LogP contribution in [0.4, 0.5) is 18.9 Å². The molecule has 0 aromatic heterocycles. The topological polar surface area (TPSA) is 46.3 Å². The minimum Gasteiger partial charge on any atom is -0.398 e. The van der Waals surface area contributed by atoms with Crippen molar-refractivity contribution >= 4 is 27.5 Å². The van der Waals surface area contributed by atoms with Gasteiger partial charge < -0.3 is 10.6 Å². The van der Waals surface area contributed by atoms with Crippen LogP contribution in [0.15, 0.2) is 16.6 Å². The molecule has 1 amide bonds. The molecular formula is C11H12BrF3N2O. The standard InChI is InChI=1S/C11H12BrF3N2O/c1-6-8(3-7(12)4-9(6)16)10(18)17(2)5-11(13,14)15/h3-4H,5,16H2,1-2H3.